The van der Waals surface area contributed by atoms with E-state index in [2.05, 4.69) is 73.2 Å². The van der Waals surface area contributed by atoms with E-state index in [0.717, 1.165) is 30.0 Å². The van der Waals surface area contributed by atoms with Crippen LogP contribution in [0, 0.1) is 13.8 Å². The molecule has 0 radical (unpaired) electrons. The third-order valence-electron chi connectivity index (χ3n) is 3.83. The summed E-state index contributed by atoms with van der Waals surface area (Å²) in [5.41, 5.74) is 6.91. The molecule has 3 nitrogen and oxygen atoms in total. The van der Waals surface area contributed by atoms with Gasteiger partial charge in [-0.05, 0) is 49.6 Å². The number of aryl methyl sites for hydroxylation is 2. The van der Waals surface area contributed by atoms with Gasteiger partial charge in [0.1, 0.15) is 5.65 Å². The molecule has 0 aliphatic heterocycles. The fourth-order valence-corrected chi connectivity index (χ4v) is 2.41. The quantitative estimate of drug-likeness (QED) is 0.765. The van der Waals surface area contributed by atoms with Crippen molar-refractivity contribution in [2.75, 3.05) is 11.9 Å². The van der Waals surface area contributed by atoms with Crippen molar-refractivity contribution in [3.05, 3.63) is 53.9 Å². The number of nitrogens with one attached hydrogen (secondary N) is 1. The third kappa shape index (κ3) is 2.77. The van der Waals surface area contributed by atoms with Gasteiger partial charge in [0.25, 0.3) is 0 Å². The van der Waals surface area contributed by atoms with Gasteiger partial charge in [0.2, 0.25) is 0 Å². The van der Waals surface area contributed by atoms with Gasteiger partial charge < -0.3 is 9.72 Å². The maximum atomic E-state index is 4.71. The molecule has 0 atom stereocenters. The predicted octanol–water partition coefficient (Wildman–Crippen LogP) is 4.44. The minimum atomic E-state index is 0.977. The Bertz CT molecular complexity index is 771. The zero-order valence-electron chi connectivity index (χ0n) is 12.9. The number of aromatic nitrogens is 2. The number of fused-ring (bicyclic) bond motifs is 1. The average Bonchev–Trinajstić information content (AvgIpc) is 2.91. The van der Waals surface area contributed by atoms with Crippen molar-refractivity contribution >= 4 is 11.3 Å². The van der Waals surface area contributed by atoms with Gasteiger partial charge in [0.05, 0.1) is 11.4 Å². The van der Waals surface area contributed by atoms with Crippen molar-refractivity contribution in [3.63, 3.8) is 0 Å². The molecule has 0 saturated carbocycles. The number of rotatable bonds is 4. The molecule has 3 heteroatoms. The van der Waals surface area contributed by atoms with E-state index in [1.165, 1.54) is 16.7 Å². The summed E-state index contributed by atoms with van der Waals surface area (Å²) < 4.78 is 2.09. The topological polar surface area (TPSA) is 29.3 Å². The molecule has 3 aromatic rings. The van der Waals surface area contributed by atoms with Crippen LogP contribution in [0.1, 0.15) is 24.5 Å². The first kappa shape index (κ1) is 13.7. The lowest BCUT2D eigenvalue weighted by Gasteiger charge is -2.04. The van der Waals surface area contributed by atoms with E-state index in [0.29, 0.717) is 0 Å². The molecular formula is C18H21N3. The van der Waals surface area contributed by atoms with E-state index in [-0.39, 0.29) is 0 Å². The Morgan fingerprint density at radius 1 is 1.05 bits per heavy atom. The standard InChI is InChI=1S/C18H21N3/c1-4-9-19-16-7-8-18-20-17(12-21(18)11-16)15-6-5-13(2)14(3)10-15/h5-8,10-12,19H,4,9H2,1-3H3. The van der Waals surface area contributed by atoms with E-state index in [1.807, 2.05) is 0 Å². The molecule has 1 aromatic carbocycles. The van der Waals surface area contributed by atoms with Gasteiger partial charge in [0, 0.05) is 24.5 Å². The van der Waals surface area contributed by atoms with Crippen molar-refractivity contribution < 1.29 is 0 Å². The van der Waals surface area contributed by atoms with Gasteiger partial charge in [-0.25, -0.2) is 4.98 Å². The number of imidazole rings is 1. The Morgan fingerprint density at radius 3 is 2.67 bits per heavy atom. The van der Waals surface area contributed by atoms with Gasteiger partial charge in [-0.3, -0.25) is 0 Å². The van der Waals surface area contributed by atoms with Crippen molar-refractivity contribution in [1.29, 1.82) is 0 Å². The summed E-state index contributed by atoms with van der Waals surface area (Å²) in [6.45, 7) is 7.43. The number of hydrogen-bond acceptors (Lipinski definition) is 2. The van der Waals surface area contributed by atoms with Crippen LogP contribution in [-0.2, 0) is 0 Å². The first-order valence-electron chi connectivity index (χ1n) is 7.47. The molecule has 0 unspecified atom stereocenters. The van der Waals surface area contributed by atoms with Crippen LogP contribution >= 0.6 is 0 Å². The van der Waals surface area contributed by atoms with Crippen molar-refractivity contribution in [3.8, 4) is 11.3 Å². The predicted molar refractivity (Wildman–Crippen MR) is 88.9 cm³/mol. The van der Waals surface area contributed by atoms with Gasteiger partial charge in [-0.2, -0.15) is 0 Å². The molecule has 0 fully saturated rings. The smallest absolute Gasteiger partial charge is 0.137 e. The average molecular weight is 279 g/mol. The summed E-state index contributed by atoms with van der Waals surface area (Å²) in [6.07, 6.45) is 5.31. The maximum absolute atomic E-state index is 4.71. The second-order valence-corrected chi connectivity index (χ2v) is 5.54. The van der Waals surface area contributed by atoms with Crippen LogP contribution in [0.5, 0.6) is 0 Å². The molecule has 21 heavy (non-hydrogen) atoms. The lowest BCUT2D eigenvalue weighted by molar-refractivity contribution is 0.976. The second kappa shape index (κ2) is 5.60. The minimum absolute atomic E-state index is 0.977. The summed E-state index contributed by atoms with van der Waals surface area (Å²) in [4.78, 5) is 4.71. The fraction of sp³-hybridized carbons (Fsp3) is 0.278. The van der Waals surface area contributed by atoms with Crippen molar-refractivity contribution in [2.45, 2.75) is 27.2 Å². The fourth-order valence-electron chi connectivity index (χ4n) is 2.41. The van der Waals surface area contributed by atoms with Crippen LogP contribution in [0.4, 0.5) is 5.69 Å². The molecule has 2 heterocycles. The Morgan fingerprint density at radius 2 is 1.90 bits per heavy atom. The molecule has 0 amide bonds. The molecule has 108 valence electrons. The number of hydrogen-bond donors (Lipinski definition) is 1. The Balaban J connectivity index is 1.98. The molecule has 3 rings (SSSR count). The Hall–Kier alpha value is -2.29. The van der Waals surface area contributed by atoms with Crippen LogP contribution in [0.15, 0.2) is 42.7 Å². The molecule has 0 aliphatic rings. The van der Waals surface area contributed by atoms with Gasteiger partial charge in [-0.1, -0.05) is 19.1 Å². The highest BCUT2D eigenvalue weighted by Crippen LogP contribution is 2.22. The van der Waals surface area contributed by atoms with Crippen molar-refractivity contribution in [2.24, 2.45) is 0 Å². The van der Waals surface area contributed by atoms with E-state index >= 15 is 0 Å². The largest absolute Gasteiger partial charge is 0.384 e. The highest BCUT2D eigenvalue weighted by molar-refractivity contribution is 5.65. The number of pyridine rings is 1. The summed E-state index contributed by atoms with van der Waals surface area (Å²) in [5.74, 6) is 0. The van der Waals surface area contributed by atoms with E-state index in [9.17, 15) is 0 Å². The SMILES string of the molecule is CCCNc1ccc2nc(-c3ccc(C)c(C)c3)cn2c1. The maximum Gasteiger partial charge on any atom is 0.137 e. The van der Waals surface area contributed by atoms with E-state index < -0.39 is 0 Å². The first-order valence-corrected chi connectivity index (χ1v) is 7.47. The summed E-state index contributed by atoms with van der Waals surface area (Å²) in [5, 5.41) is 3.40. The molecular weight excluding hydrogens is 258 g/mol. The lowest BCUT2D eigenvalue weighted by Crippen LogP contribution is -2.00. The Kier molecular flexibility index (Phi) is 3.65. The molecule has 0 bridgehead atoms. The molecule has 0 saturated heterocycles. The molecule has 0 aliphatic carbocycles. The second-order valence-electron chi connectivity index (χ2n) is 5.54. The third-order valence-corrected chi connectivity index (χ3v) is 3.83. The van der Waals surface area contributed by atoms with Gasteiger partial charge >= 0.3 is 0 Å². The first-order chi connectivity index (χ1) is 10.2. The van der Waals surface area contributed by atoms with Crippen LogP contribution in [0.2, 0.25) is 0 Å². The lowest BCUT2D eigenvalue weighted by atomic mass is 10.1. The van der Waals surface area contributed by atoms with Gasteiger partial charge in [-0.15, -0.1) is 0 Å². The van der Waals surface area contributed by atoms with Crippen LogP contribution in [0.25, 0.3) is 16.9 Å². The zero-order valence-corrected chi connectivity index (χ0v) is 12.9. The summed E-state index contributed by atoms with van der Waals surface area (Å²) >= 11 is 0. The monoisotopic (exact) mass is 279 g/mol. The summed E-state index contributed by atoms with van der Waals surface area (Å²) in [7, 11) is 0. The minimum Gasteiger partial charge on any atom is -0.384 e. The van der Waals surface area contributed by atoms with Crippen LogP contribution < -0.4 is 5.32 Å². The zero-order chi connectivity index (χ0) is 14.8. The number of anilines is 1. The summed E-state index contributed by atoms with van der Waals surface area (Å²) in [6, 6.07) is 10.6. The van der Waals surface area contributed by atoms with Gasteiger partial charge in [0.15, 0.2) is 0 Å². The van der Waals surface area contributed by atoms with Crippen LogP contribution in [-0.4, -0.2) is 15.9 Å². The molecule has 0 spiro atoms. The highest BCUT2D eigenvalue weighted by Gasteiger charge is 2.06. The van der Waals surface area contributed by atoms with E-state index in [4.69, 9.17) is 4.98 Å². The number of nitrogens with zero attached hydrogens (tertiary/aromatic N) is 2. The van der Waals surface area contributed by atoms with Crippen molar-refractivity contribution in [1.82, 2.24) is 9.38 Å². The molecule has 1 N–H and O–H groups in total. The highest BCUT2D eigenvalue weighted by atomic mass is 15.0. The normalized spacial score (nSPS) is 11.0. The van der Waals surface area contributed by atoms with E-state index in [1.54, 1.807) is 0 Å². The number of benzene rings is 1. The molecule has 2 aromatic heterocycles. The van der Waals surface area contributed by atoms with Crippen LogP contribution in [0.3, 0.4) is 0 Å². The Labute approximate surface area is 125 Å².